The number of allylic oxidation sites excluding steroid dienone is 1. The molecule has 0 unspecified atom stereocenters. The average Bonchev–Trinajstić information content (AvgIpc) is 2.65. The molecule has 0 radical (unpaired) electrons. The van der Waals surface area contributed by atoms with Gasteiger partial charge in [-0.1, -0.05) is 6.07 Å². The minimum Gasteiger partial charge on any atom is -0.465 e. The maximum absolute atomic E-state index is 11.8. The molecule has 2 rings (SSSR count). The number of hydrogen-bond donors (Lipinski definition) is 1. The van der Waals surface area contributed by atoms with Gasteiger partial charge in [0.2, 0.25) is 0 Å². The molecule has 0 saturated carbocycles. The van der Waals surface area contributed by atoms with Crippen LogP contribution in [0, 0.1) is 0 Å². The highest BCUT2D eigenvalue weighted by Crippen LogP contribution is 2.24. The fraction of sp³-hybridized carbons (Fsp3) is 0.154. The lowest BCUT2D eigenvalue weighted by atomic mass is 10.0. The second-order valence-corrected chi connectivity index (χ2v) is 3.79. The summed E-state index contributed by atoms with van der Waals surface area (Å²) in [4.78, 5) is 27.4. The molecule has 0 spiro atoms. The number of carbonyl (C=O) groups excluding carboxylic acids is 2. The Labute approximate surface area is 104 Å². The molecule has 1 amide bonds. The highest BCUT2D eigenvalue weighted by molar-refractivity contribution is 6.16. The summed E-state index contributed by atoms with van der Waals surface area (Å²) in [5, 5.41) is 2.60. The summed E-state index contributed by atoms with van der Waals surface area (Å²) in [5.41, 5.74) is 1.82. The predicted molar refractivity (Wildman–Crippen MR) is 65.1 cm³/mol. The fourth-order valence-electron chi connectivity index (χ4n) is 1.75. The van der Waals surface area contributed by atoms with Gasteiger partial charge in [-0.25, -0.2) is 4.79 Å². The fourth-order valence-corrected chi connectivity index (χ4v) is 1.75. The molecule has 0 bridgehead atoms. The molecule has 1 aliphatic heterocycles. The number of rotatable bonds is 2. The molecule has 0 saturated heterocycles. The Hall–Kier alpha value is -2.43. The molecule has 18 heavy (non-hydrogen) atoms. The molecule has 1 aliphatic rings. The number of pyridine rings is 1. The Morgan fingerprint density at radius 2 is 2.28 bits per heavy atom. The summed E-state index contributed by atoms with van der Waals surface area (Å²) in [6.45, 7) is 1.66. The maximum atomic E-state index is 11.8. The SMILES string of the molecule is COC(=O)C1=C(C)NC(=O)/C1=C\c1cccnc1. The first-order chi connectivity index (χ1) is 8.63. The van der Waals surface area contributed by atoms with Crippen molar-refractivity contribution in [1.29, 1.82) is 0 Å². The van der Waals surface area contributed by atoms with Gasteiger partial charge in [0.25, 0.3) is 5.91 Å². The van der Waals surface area contributed by atoms with E-state index in [9.17, 15) is 9.59 Å². The average molecular weight is 244 g/mol. The number of methoxy groups -OCH3 is 1. The van der Waals surface area contributed by atoms with Crippen LogP contribution in [0.5, 0.6) is 0 Å². The Morgan fingerprint density at radius 3 is 2.89 bits per heavy atom. The zero-order valence-electron chi connectivity index (χ0n) is 10.1. The van der Waals surface area contributed by atoms with Gasteiger partial charge in [0.1, 0.15) is 0 Å². The summed E-state index contributed by atoms with van der Waals surface area (Å²) < 4.78 is 4.68. The minimum absolute atomic E-state index is 0.270. The number of hydrogen-bond acceptors (Lipinski definition) is 4. The van der Waals surface area contributed by atoms with E-state index in [2.05, 4.69) is 15.0 Å². The summed E-state index contributed by atoms with van der Waals surface area (Å²) in [6, 6.07) is 3.56. The lowest BCUT2D eigenvalue weighted by Crippen LogP contribution is -2.15. The third kappa shape index (κ3) is 2.15. The summed E-state index contributed by atoms with van der Waals surface area (Å²) in [6.07, 6.45) is 4.87. The van der Waals surface area contributed by atoms with E-state index in [1.54, 1.807) is 37.5 Å². The molecule has 1 aromatic rings. The number of ether oxygens (including phenoxy) is 1. The normalized spacial score (nSPS) is 17.0. The van der Waals surface area contributed by atoms with Gasteiger partial charge in [-0.3, -0.25) is 9.78 Å². The van der Waals surface area contributed by atoms with Crippen molar-refractivity contribution in [3.63, 3.8) is 0 Å². The van der Waals surface area contributed by atoms with Gasteiger partial charge in [-0.05, 0) is 24.6 Å². The highest BCUT2D eigenvalue weighted by atomic mass is 16.5. The van der Waals surface area contributed by atoms with Gasteiger partial charge in [0.05, 0.1) is 18.3 Å². The summed E-state index contributed by atoms with van der Waals surface area (Å²) >= 11 is 0. The molecular formula is C13H12N2O3. The number of esters is 1. The van der Waals surface area contributed by atoms with Crippen molar-refractivity contribution < 1.29 is 14.3 Å². The monoisotopic (exact) mass is 244 g/mol. The molecule has 0 aliphatic carbocycles. The van der Waals surface area contributed by atoms with Crippen molar-refractivity contribution in [2.24, 2.45) is 0 Å². The molecular weight excluding hydrogens is 232 g/mol. The van der Waals surface area contributed by atoms with Crippen molar-refractivity contribution in [2.75, 3.05) is 7.11 Å². The van der Waals surface area contributed by atoms with Gasteiger partial charge in [-0.15, -0.1) is 0 Å². The zero-order chi connectivity index (χ0) is 13.1. The number of nitrogens with one attached hydrogen (secondary N) is 1. The molecule has 5 heteroatoms. The van der Waals surface area contributed by atoms with Crippen molar-refractivity contribution in [1.82, 2.24) is 10.3 Å². The van der Waals surface area contributed by atoms with Crippen LogP contribution in [0.2, 0.25) is 0 Å². The molecule has 0 fully saturated rings. The molecule has 5 nitrogen and oxygen atoms in total. The maximum Gasteiger partial charge on any atom is 0.340 e. The largest absolute Gasteiger partial charge is 0.465 e. The van der Waals surface area contributed by atoms with E-state index in [0.29, 0.717) is 11.3 Å². The summed E-state index contributed by atoms with van der Waals surface area (Å²) in [5.74, 6) is -0.835. The van der Waals surface area contributed by atoms with Crippen LogP contribution in [0.25, 0.3) is 6.08 Å². The molecule has 1 aromatic heterocycles. The zero-order valence-corrected chi connectivity index (χ0v) is 10.1. The van der Waals surface area contributed by atoms with Gasteiger partial charge < -0.3 is 10.1 Å². The van der Waals surface area contributed by atoms with E-state index < -0.39 is 5.97 Å². The summed E-state index contributed by atoms with van der Waals surface area (Å²) in [7, 11) is 1.28. The first kappa shape index (κ1) is 12.0. The second kappa shape index (κ2) is 4.83. The van der Waals surface area contributed by atoms with Gasteiger partial charge in [0.15, 0.2) is 0 Å². The lowest BCUT2D eigenvalue weighted by Gasteiger charge is -2.02. The van der Waals surface area contributed by atoms with Crippen LogP contribution < -0.4 is 5.32 Å². The predicted octanol–water partition coefficient (Wildman–Crippen LogP) is 1.04. The van der Waals surface area contributed by atoms with E-state index in [4.69, 9.17) is 0 Å². The third-order valence-electron chi connectivity index (χ3n) is 2.57. The van der Waals surface area contributed by atoms with Gasteiger partial charge >= 0.3 is 5.97 Å². The Kier molecular flexibility index (Phi) is 3.23. The number of amides is 1. The van der Waals surface area contributed by atoms with E-state index in [1.807, 2.05) is 0 Å². The highest BCUT2D eigenvalue weighted by Gasteiger charge is 2.30. The van der Waals surface area contributed by atoms with Gasteiger partial charge in [0, 0.05) is 18.1 Å². The molecule has 92 valence electrons. The van der Waals surface area contributed by atoms with Crippen LogP contribution in [-0.4, -0.2) is 24.0 Å². The topological polar surface area (TPSA) is 68.3 Å². The van der Waals surface area contributed by atoms with Crippen LogP contribution in [0.3, 0.4) is 0 Å². The number of nitrogens with zero attached hydrogens (tertiary/aromatic N) is 1. The number of carbonyl (C=O) groups is 2. The Bertz CT molecular complexity index is 559. The van der Waals surface area contributed by atoms with E-state index in [1.165, 1.54) is 7.11 Å². The minimum atomic E-state index is -0.527. The van der Waals surface area contributed by atoms with Crippen LogP contribution in [0.15, 0.2) is 41.4 Å². The van der Waals surface area contributed by atoms with Crippen molar-refractivity contribution >= 4 is 18.0 Å². The first-order valence-electron chi connectivity index (χ1n) is 5.36. The van der Waals surface area contributed by atoms with Crippen LogP contribution in [0.4, 0.5) is 0 Å². The Balaban J connectivity index is 2.45. The quantitative estimate of drug-likeness (QED) is 0.623. The van der Waals surface area contributed by atoms with Crippen molar-refractivity contribution in [2.45, 2.75) is 6.92 Å². The van der Waals surface area contributed by atoms with Crippen molar-refractivity contribution in [3.05, 3.63) is 46.9 Å². The molecule has 0 aromatic carbocycles. The van der Waals surface area contributed by atoms with Crippen LogP contribution in [-0.2, 0) is 14.3 Å². The van der Waals surface area contributed by atoms with Crippen molar-refractivity contribution in [3.8, 4) is 0 Å². The Morgan fingerprint density at radius 1 is 1.50 bits per heavy atom. The van der Waals surface area contributed by atoms with E-state index in [0.717, 1.165) is 5.56 Å². The third-order valence-corrected chi connectivity index (χ3v) is 2.57. The first-order valence-corrected chi connectivity index (χ1v) is 5.36. The van der Waals surface area contributed by atoms with Gasteiger partial charge in [-0.2, -0.15) is 0 Å². The van der Waals surface area contributed by atoms with Crippen LogP contribution in [0.1, 0.15) is 12.5 Å². The standard InChI is InChI=1S/C13H12N2O3/c1-8-11(13(17)18-2)10(12(16)15-8)6-9-4-3-5-14-7-9/h3-7H,1-2H3,(H,15,16)/b10-6-. The second-order valence-electron chi connectivity index (χ2n) is 3.79. The lowest BCUT2D eigenvalue weighted by molar-refractivity contribution is -0.136. The van der Waals surface area contributed by atoms with E-state index in [-0.39, 0.29) is 11.5 Å². The smallest absolute Gasteiger partial charge is 0.340 e. The molecule has 2 heterocycles. The number of aromatic nitrogens is 1. The molecule has 0 atom stereocenters. The molecule has 1 N–H and O–H groups in total. The van der Waals surface area contributed by atoms with E-state index >= 15 is 0 Å². The van der Waals surface area contributed by atoms with Crippen LogP contribution >= 0.6 is 0 Å².